The number of nitrogens with zero attached hydrogens (tertiary/aromatic N) is 1. The maximum absolute atomic E-state index is 12.1. The van der Waals surface area contributed by atoms with E-state index in [1.165, 1.54) is 4.90 Å². The Morgan fingerprint density at radius 1 is 1.38 bits per heavy atom. The lowest BCUT2D eigenvalue weighted by atomic mass is 10.4. The summed E-state index contributed by atoms with van der Waals surface area (Å²) in [5.41, 5.74) is 0. The van der Waals surface area contributed by atoms with Gasteiger partial charge in [-0.15, -0.1) is 11.3 Å². The molecule has 0 bridgehead atoms. The maximum atomic E-state index is 12.1. The van der Waals surface area contributed by atoms with E-state index in [2.05, 4.69) is 20.7 Å². The summed E-state index contributed by atoms with van der Waals surface area (Å²) in [6.45, 7) is 4.20. The Kier molecular flexibility index (Phi) is 6.32. The van der Waals surface area contributed by atoms with E-state index < -0.39 is 16.0 Å². The smallest absolute Gasteiger partial charge is 0.345 e. The van der Waals surface area contributed by atoms with Crippen LogP contribution in [0.25, 0.3) is 0 Å². The first-order valence-corrected chi connectivity index (χ1v) is 9.12. The lowest BCUT2D eigenvalue weighted by molar-refractivity contribution is -0.129. The van der Waals surface area contributed by atoms with Crippen molar-refractivity contribution < 1.29 is 23.1 Å². The highest BCUT2D eigenvalue weighted by Gasteiger charge is 2.24. The molecule has 1 aromatic rings. The summed E-state index contributed by atoms with van der Waals surface area (Å²) in [6, 6.07) is 1.06. The van der Waals surface area contributed by atoms with E-state index in [1.54, 1.807) is 13.8 Å². The molecule has 0 radical (unpaired) electrons. The number of carbonyl (C=O) groups excluding carboxylic acids is 1. The van der Waals surface area contributed by atoms with Crippen LogP contribution in [0.15, 0.2) is 14.7 Å². The topological polar surface area (TPSA) is 104 Å². The van der Waals surface area contributed by atoms with Crippen LogP contribution in [0, 0.1) is 0 Å². The number of likely N-dealkylation sites (N-methyl/N-ethyl adjacent to an activating group) is 1. The monoisotopic (exact) mass is 398 g/mol. The van der Waals surface area contributed by atoms with Gasteiger partial charge in [0.1, 0.15) is 9.77 Å². The van der Waals surface area contributed by atoms with Gasteiger partial charge >= 0.3 is 5.97 Å². The summed E-state index contributed by atoms with van der Waals surface area (Å²) in [5.74, 6) is -1.55. The lowest BCUT2D eigenvalue weighted by Crippen LogP contribution is -2.39. The number of nitrogens with one attached hydrogen (secondary N) is 1. The number of halogens is 1. The zero-order valence-electron chi connectivity index (χ0n) is 11.4. The van der Waals surface area contributed by atoms with Crippen molar-refractivity contribution in [2.45, 2.75) is 18.7 Å². The Morgan fingerprint density at radius 2 is 1.95 bits per heavy atom. The molecule has 0 aliphatic rings. The van der Waals surface area contributed by atoms with Crippen molar-refractivity contribution in [3.63, 3.8) is 0 Å². The predicted molar refractivity (Wildman–Crippen MR) is 82.1 cm³/mol. The third kappa shape index (κ3) is 4.50. The van der Waals surface area contributed by atoms with Gasteiger partial charge in [-0.25, -0.2) is 17.9 Å². The molecule has 7 nitrogen and oxygen atoms in total. The van der Waals surface area contributed by atoms with Crippen LogP contribution in [-0.2, 0) is 14.8 Å². The average molecular weight is 399 g/mol. The second-order valence-electron chi connectivity index (χ2n) is 3.94. The number of thiophene rings is 1. The van der Waals surface area contributed by atoms with Gasteiger partial charge in [-0.05, 0) is 35.8 Å². The molecule has 1 rings (SSSR count). The van der Waals surface area contributed by atoms with Crippen LogP contribution in [0.5, 0.6) is 0 Å². The summed E-state index contributed by atoms with van der Waals surface area (Å²) in [6.07, 6.45) is 0. The van der Waals surface area contributed by atoms with Gasteiger partial charge in [0.05, 0.1) is 10.3 Å². The summed E-state index contributed by atoms with van der Waals surface area (Å²) >= 11 is 3.83. The molecule has 0 aromatic carbocycles. The molecule has 0 atom stereocenters. The van der Waals surface area contributed by atoms with Crippen molar-refractivity contribution in [3.05, 3.63) is 14.7 Å². The summed E-state index contributed by atoms with van der Waals surface area (Å²) in [5, 5.41) is 8.86. The van der Waals surface area contributed by atoms with Crippen LogP contribution in [-0.4, -0.2) is 49.9 Å². The van der Waals surface area contributed by atoms with Gasteiger partial charge in [-0.2, -0.15) is 0 Å². The van der Waals surface area contributed by atoms with Crippen LogP contribution in [0.2, 0.25) is 0 Å². The first-order chi connectivity index (χ1) is 9.72. The fraction of sp³-hybridized carbons (Fsp3) is 0.455. The van der Waals surface area contributed by atoms with Crippen LogP contribution in [0.1, 0.15) is 23.5 Å². The number of rotatable bonds is 7. The van der Waals surface area contributed by atoms with Crippen LogP contribution in [0.3, 0.4) is 0 Å². The van der Waals surface area contributed by atoms with Crippen LogP contribution >= 0.6 is 27.3 Å². The molecule has 0 unspecified atom stereocenters. The highest BCUT2D eigenvalue weighted by atomic mass is 79.9. The molecule has 0 aliphatic carbocycles. The van der Waals surface area contributed by atoms with Crippen molar-refractivity contribution in [2.24, 2.45) is 0 Å². The second kappa shape index (κ2) is 7.34. The number of carbonyl (C=O) groups is 2. The molecule has 0 fully saturated rings. The first kappa shape index (κ1) is 18.1. The maximum Gasteiger partial charge on any atom is 0.345 e. The molecule has 0 saturated heterocycles. The van der Waals surface area contributed by atoms with Gasteiger partial charge in [0.25, 0.3) is 0 Å². The van der Waals surface area contributed by atoms with E-state index >= 15 is 0 Å². The molecule has 21 heavy (non-hydrogen) atoms. The molecule has 0 saturated carbocycles. The number of sulfonamides is 1. The van der Waals surface area contributed by atoms with Crippen molar-refractivity contribution in [3.8, 4) is 0 Å². The molecule has 1 amide bonds. The fourth-order valence-corrected chi connectivity index (χ4v) is 4.94. The minimum Gasteiger partial charge on any atom is -0.477 e. The highest BCUT2D eigenvalue weighted by Crippen LogP contribution is 2.31. The van der Waals surface area contributed by atoms with Crippen LogP contribution < -0.4 is 4.72 Å². The third-order valence-electron chi connectivity index (χ3n) is 2.69. The Hall–Kier alpha value is -0.970. The molecular weight excluding hydrogens is 384 g/mol. The van der Waals surface area contributed by atoms with E-state index in [0.717, 1.165) is 17.4 Å². The normalized spacial score (nSPS) is 11.4. The predicted octanol–water partition coefficient (Wildman–Crippen LogP) is 1.36. The minimum atomic E-state index is -3.95. The standard InChI is InChI=1S/C11H15BrN2O5S2/c1-3-14(4-2)9(15)6-13-21(18,19)8-5-7(11(16)17)20-10(8)12/h5,13H,3-4,6H2,1-2H3,(H,16,17). The molecule has 10 heteroatoms. The zero-order valence-corrected chi connectivity index (χ0v) is 14.6. The largest absolute Gasteiger partial charge is 0.477 e. The van der Waals surface area contributed by atoms with Crippen molar-refractivity contribution >= 4 is 49.2 Å². The molecule has 118 valence electrons. The van der Waals surface area contributed by atoms with E-state index in [9.17, 15) is 18.0 Å². The van der Waals surface area contributed by atoms with Gasteiger partial charge in [0.15, 0.2) is 0 Å². The molecule has 2 N–H and O–H groups in total. The Labute approximate surface area is 135 Å². The number of aromatic carboxylic acids is 1. The molecule has 0 spiro atoms. The summed E-state index contributed by atoms with van der Waals surface area (Å²) in [7, 11) is -3.95. The molecule has 1 heterocycles. The molecular formula is C11H15BrN2O5S2. The third-order valence-corrected chi connectivity index (χ3v) is 6.33. The van der Waals surface area contributed by atoms with E-state index in [4.69, 9.17) is 5.11 Å². The lowest BCUT2D eigenvalue weighted by Gasteiger charge is -2.18. The molecule has 0 aliphatic heterocycles. The van der Waals surface area contributed by atoms with Gasteiger partial charge in [0, 0.05) is 13.1 Å². The van der Waals surface area contributed by atoms with Gasteiger partial charge < -0.3 is 10.0 Å². The number of hydrogen-bond acceptors (Lipinski definition) is 5. The van der Waals surface area contributed by atoms with E-state index in [1.807, 2.05) is 0 Å². The number of hydrogen-bond donors (Lipinski definition) is 2. The first-order valence-electron chi connectivity index (χ1n) is 6.03. The quantitative estimate of drug-likeness (QED) is 0.721. The van der Waals surface area contributed by atoms with Gasteiger partial charge in [-0.3, -0.25) is 4.79 Å². The molecule has 1 aromatic heterocycles. The Morgan fingerprint density at radius 3 is 2.38 bits per heavy atom. The number of carboxylic acids is 1. The van der Waals surface area contributed by atoms with Gasteiger partial charge in [-0.1, -0.05) is 0 Å². The number of carboxylic acid groups (broad SMARTS) is 1. The fourth-order valence-electron chi connectivity index (χ4n) is 1.56. The average Bonchev–Trinajstić information content (AvgIpc) is 2.81. The second-order valence-corrected chi connectivity index (χ2v) is 8.05. The minimum absolute atomic E-state index is 0.0997. The van der Waals surface area contributed by atoms with Crippen molar-refractivity contribution in [2.75, 3.05) is 19.6 Å². The highest BCUT2D eigenvalue weighted by molar-refractivity contribution is 9.11. The van der Waals surface area contributed by atoms with E-state index in [0.29, 0.717) is 13.1 Å². The summed E-state index contributed by atoms with van der Waals surface area (Å²) in [4.78, 5) is 23.8. The number of amides is 1. The van der Waals surface area contributed by atoms with E-state index in [-0.39, 0.29) is 26.0 Å². The zero-order chi connectivity index (χ0) is 16.2. The van der Waals surface area contributed by atoms with Crippen molar-refractivity contribution in [1.29, 1.82) is 0 Å². The Bertz CT molecular complexity index is 637. The van der Waals surface area contributed by atoms with Crippen LogP contribution in [0.4, 0.5) is 0 Å². The van der Waals surface area contributed by atoms with Gasteiger partial charge in [0.2, 0.25) is 15.9 Å². The Balaban J connectivity index is 2.88. The summed E-state index contributed by atoms with van der Waals surface area (Å²) < 4.78 is 26.6. The SMILES string of the molecule is CCN(CC)C(=O)CNS(=O)(=O)c1cc(C(=O)O)sc1Br. The van der Waals surface area contributed by atoms with Crippen molar-refractivity contribution in [1.82, 2.24) is 9.62 Å².